The number of thiophene rings is 2. The molecular formula is C104H62N8OS2. The molecule has 0 unspecified atom stereocenters. The summed E-state index contributed by atoms with van der Waals surface area (Å²) >= 11 is 3.70. The number of para-hydroxylation sites is 2. The number of furan rings is 1. The van der Waals surface area contributed by atoms with E-state index in [0.29, 0.717) is 34.9 Å². The van der Waals surface area contributed by atoms with Gasteiger partial charge in [-0.1, -0.05) is 328 Å². The van der Waals surface area contributed by atoms with Gasteiger partial charge in [0.2, 0.25) is 0 Å². The minimum atomic E-state index is 0.599. The van der Waals surface area contributed by atoms with Gasteiger partial charge in [-0.2, -0.15) is 0 Å². The first-order valence-corrected chi connectivity index (χ1v) is 40.0. The average molecular weight is 1500 g/mol. The molecule has 23 rings (SSSR count). The average Bonchev–Trinajstić information content (AvgIpc) is 1.62. The lowest BCUT2D eigenvalue weighted by Gasteiger charge is -2.12. The highest BCUT2D eigenvalue weighted by Crippen LogP contribution is 2.48. The number of fused-ring (bicyclic) bond motifs is 17. The minimum absolute atomic E-state index is 0.599. The van der Waals surface area contributed by atoms with E-state index in [-0.39, 0.29) is 0 Å². The second-order valence-electron chi connectivity index (χ2n) is 28.8. The minimum Gasteiger partial charge on any atom is -0.455 e. The summed E-state index contributed by atoms with van der Waals surface area (Å²) in [7, 11) is 0. The molecule has 115 heavy (non-hydrogen) atoms. The third-order valence-corrected chi connectivity index (χ3v) is 24.2. The molecule has 0 bridgehead atoms. The van der Waals surface area contributed by atoms with Crippen molar-refractivity contribution in [3.63, 3.8) is 0 Å². The van der Waals surface area contributed by atoms with Crippen LogP contribution in [0.15, 0.2) is 381 Å². The zero-order valence-electron chi connectivity index (χ0n) is 61.6. The van der Waals surface area contributed by atoms with Crippen LogP contribution in [-0.2, 0) is 0 Å². The molecule has 11 heteroatoms. The molecule has 0 aliphatic heterocycles. The Kier molecular flexibility index (Phi) is 16.4. The lowest BCUT2D eigenvalue weighted by molar-refractivity contribution is 0.670. The third kappa shape index (κ3) is 12.1. The van der Waals surface area contributed by atoms with E-state index in [1.165, 1.54) is 78.2 Å². The molecule has 0 aliphatic carbocycles. The summed E-state index contributed by atoms with van der Waals surface area (Å²) in [5, 5.41) is 14.4. The largest absolute Gasteiger partial charge is 0.455 e. The molecule has 0 fully saturated rings. The Morgan fingerprint density at radius 1 is 0.200 bits per heavy atom. The summed E-state index contributed by atoms with van der Waals surface area (Å²) in [6.07, 6.45) is 0. The standard InChI is InChI=1S/C52H30N4OS.C52H32N4S/c1-2-13-33(14-3-1)50-54-51(56-52(55-50)36-16-10-15-35(30-36)38-20-11-21-40-39-18-6-8-22-43(39)57-48(38)40)34-26-24-32(25-27-34)47-46-41-19-7-9-23-44(41)58-49(46)45-37-17-5-4-12-31(37)28-29-42(45)53-47;1-3-13-33(14-4-1)34-25-27-37(28-26-34)51-54-50(36-16-5-2-6-17-36)55-52(56-51)41-21-12-19-39(32-41)38-18-11-20-40(31-38)48-47-43-23-9-10-24-45(43)57-49(47)46-42-22-8-7-15-35(42)29-30-44(46)53-48/h1-30H;1-32H. The van der Waals surface area contributed by atoms with Crippen LogP contribution in [-0.4, -0.2) is 39.9 Å². The van der Waals surface area contributed by atoms with E-state index in [0.717, 1.165) is 117 Å². The van der Waals surface area contributed by atoms with Gasteiger partial charge in [-0.15, -0.1) is 22.7 Å². The molecule has 536 valence electrons. The van der Waals surface area contributed by atoms with Crippen LogP contribution in [0.25, 0.3) is 230 Å². The SMILES string of the molecule is c1ccc(-c2ccc(-c3nc(-c4ccccc4)nc(-c4cccc(-c5cccc(-c6nc7ccc8ccccc8c7c7sc8ccccc8c67)c5)c4)n3)cc2)cc1.c1ccc(-c2nc(-c3ccc(-c4nc5ccc6ccccc6c5c5sc6ccccc6c45)cc3)nc(-c3cccc(-c4cccc5c4oc4ccccc45)c3)n2)cc1. The van der Waals surface area contributed by atoms with Gasteiger partial charge in [0.1, 0.15) is 11.2 Å². The predicted molar refractivity (Wildman–Crippen MR) is 478 cm³/mol. The molecule has 9 nitrogen and oxygen atoms in total. The Hall–Kier alpha value is -14.9. The number of pyridine rings is 2. The fourth-order valence-corrected chi connectivity index (χ4v) is 18.8. The number of nitrogens with zero attached hydrogens (tertiary/aromatic N) is 8. The van der Waals surface area contributed by atoms with E-state index in [1.54, 1.807) is 0 Å². The predicted octanol–water partition coefficient (Wildman–Crippen LogP) is 28.1. The van der Waals surface area contributed by atoms with Crippen molar-refractivity contribution < 1.29 is 4.42 Å². The Bertz CT molecular complexity index is 7780. The summed E-state index contributed by atoms with van der Waals surface area (Å²) in [4.78, 5) is 41.1. The number of aromatic nitrogens is 8. The van der Waals surface area contributed by atoms with Gasteiger partial charge in [-0.3, -0.25) is 0 Å². The van der Waals surface area contributed by atoms with Crippen molar-refractivity contribution in [3.05, 3.63) is 376 Å². The highest BCUT2D eigenvalue weighted by atomic mass is 32.1. The van der Waals surface area contributed by atoms with Gasteiger partial charge in [0.25, 0.3) is 0 Å². The van der Waals surface area contributed by atoms with Crippen molar-refractivity contribution in [3.8, 4) is 124 Å². The maximum atomic E-state index is 6.41. The molecule has 0 radical (unpaired) electrons. The van der Waals surface area contributed by atoms with Gasteiger partial charge in [-0.25, -0.2) is 39.9 Å². The lowest BCUT2D eigenvalue weighted by atomic mass is 9.96. The smallest absolute Gasteiger partial charge is 0.164 e. The third-order valence-electron chi connectivity index (χ3n) is 21.8. The highest BCUT2D eigenvalue weighted by molar-refractivity contribution is 7.27. The van der Waals surface area contributed by atoms with E-state index in [4.69, 9.17) is 44.3 Å². The summed E-state index contributed by atoms with van der Waals surface area (Å²) in [6.45, 7) is 0. The molecule has 16 aromatic carbocycles. The van der Waals surface area contributed by atoms with Crippen LogP contribution in [0.2, 0.25) is 0 Å². The molecule has 0 amide bonds. The summed E-state index contributed by atoms with van der Waals surface area (Å²) in [5.41, 5.74) is 19.8. The van der Waals surface area contributed by atoms with Crippen LogP contribution in [0.4, 0.5) is 0 Å². The van der Waals surface area contributed by atoms with Crippen LogP contribution < -0.4 is 0 Å². The van der Waals surface area contributed by atoms with E-state index >= 15 is 0 Å². The Labute approximate surface area is 668 Å². The first kappa shape index (κ1) is 67.1. The van der Waals surface area contributed by atoms with E-state index in [1.807, 2.05) is 108 Å². The van der Waals surface area contributed by atoms with E-state index in [2.05, 4.69) is 291 Å². The van der Waals surface area contributed by atoms with Gasteiger partial charge in [0.05, 0.1) is 22.4 Å². The van der Waals surface area contributed by atoms with Gasteiger partial charge in [0, 0.05) is 112 Å². The molecule has 7 aromatic heterocycles. The topological polar surface area (TPSA) is 116 Å². The molecule has 0 spiro atoms. The maximum Gasteiger partial charge on any atom is 0.164 e. The molecule has 0 saturated heterocycles. The molecule has 7 heterocycles. The molecule has 23 aromatic rings. The Morgan fingerprint density at radius 2 is 0.539 bits per heavy atom. The maximum absolute atomic E-state index is 6.41. The Balaban J connectivity index is 0.000000140. The molecule has 0 saturated carbocycles. The van der Waals surface area contributed by atoms with Crippen molar-refractivity contribution in [1.82, 2.24) is 39.9 Å². The van der Waals surface area contributed by atoms with Crippen LogP contribution >= 0.6 is 22.7 Å². The quantitative estimate of drug-likeness (QED) is 0.117. The molecule has 0 N–H and O–H groups in total. The van der Waals surface area contributed by atoms with E-state index in [9.17, 15) is 0 Å². The van der Waals surface area contributed by atoms with Crippen LogP contribution in [0, 0.1) is 0 Å². The summed E-state index contributed by atoms with van der Waals surface area (Å²) in [6, 6.07) is 131. The first-order valence-electron chi connectivity index (χ1n) is 38.3. The molecule has 0 aliphatic rings. The fraction of sp³-hybridized carbons (Fsp3) is 0. The van der Waals surface area contributed by atoms with Gasteiger partial charge in [-0.05, 0) is 97.9 Å². The van der Waals surface area contributed by atoms with Crippen molar-refractivity contribution in [1.29, 1.82) is 0 Å². The number of benzene rings is 16. The molecular weight excluding hydrogens is 1440 g/mol. The van der Waals surface area contributed by atoms with Gasteiger partial charge < -0.3 is 4.42 Å². The zero-order chi connectivity index (χ0) is 75.9. The molecule has 0 atom stereocenters. The second kappa shape index (κ2) is 28.1. The normalized spacial score (nSPS) is 11.7. The van der Waals surface area contributed by atoms with Crippen molar-refractivity contribution in [2.24, 2.45) is 0 Å². The lowest BCUT2D eigenvalue weighted by Crippen LogP contribution is -2.00. The first-order chi connectivity index (χ1) is 57.0. The number of hydrogen-bond acceptors (Lipinski definition) is 11. The van der Waals surface area contributed by atoms with Crippen molar-refractivity contribution in [2.75, 3.05) is 0 Å². The highest BCUT2D eigenvalue weighted by Gasteiger charge is 2.23. The zero-order valence-corrected chi connectivity index (χ0v) is 63.2. The van der Waals surface area contributed by atoms with E-state index < -0.39 is 0 Å². The van der Waals surface area contributed by atoms with Crippen molar-refractivity contribution >= 4 is 128 Å². The monoisotopic (exact) mass is 1500 g/mol. The van der Waals surface area contributed by atoms with Gasteiger partial charge in [0.15, 0.2) is 34.9 Å². The Morgan fingerprint density at radius 3 is 1.06 bits per heavy atom. The summed E-state index contributed by atoms with van der Waals surface area (Å²) in [5.74, 6) is 3.71. The van der Waals surface area contributed by atoms with Crippen LogP contribution in [0.1, 0.15) is 0 Å². The second-order valence-corrected chi connectivity index (χ2v) is 30.9. The van der Waals surface area contributed by atoms with Gasteiger partial charge >= 0.3 is 0 Å². The number of hydrogen-bond donors (Lipinski definition) is 0. The van der Waals surface area contributed by atoms with Crippen LogP contribution in [0.5, 0.6) is 0 Å². The summed E-state index contributed by atoms with van der Waals surface area (Å²) < 4.78 is 11.5. The van der Waals surface area contributed by atoms with Crippen molar-refractivity contribution in [2.45, 2.75) is 0 Å². The fourth-order valence-electron chi connectivity index (χ4n) is 16.3. The number of rotatable bonds is 11. The van der Waals surface area contributed by atoms with Crippen LogP contribution in [0.3, 0.4) is 0 Å².